The van der Waals surface area contributed by atoms with Crippen molar-refractivity contribution in [3.05, 3.63) is 53.2 Å². The molecule has 1 saturated carbocycles. The van der Waals surface area contributed by atoms with Crippen LogP contribution in [0.2, 0.25) is 0 Å². The molecule has 0 unspecified atom stereocenters. The van der Waals surface area contributed by atoms with Gasteiger partial charge in [0, 0.05) is 17.2 Å². The number of hydrogen-bond acceptors (Lipinski definition) is 0. The largest absolute Gasteiger partial charge is 0.212 e. The highest BCUT2D eigenvalue weighted by Gasteiger charge is 2.29. The minimum Gasteiger partial charge on any atom is -0.201 e. The Morgan fingerprint density at radius 2 is 1.76 bits per heavy atom. The number of pyridine rings is 1. The molecule has 1 aliphatic carbocycles. The summed E-state index contributed by atoms with van der Waals surface area (Å²) in [7, 11) is 2.18. The Morgan fingerprint density at radius 1 is 1.04 bits per heavy atom. The fourth-order valence-electron chi connectivity index (χ4n) is 4.48. The van der Waals surface area contributed by atoms with E-state index in [0.29, 0.717) is 11.3 Å². The molecule has 1 heteroatoms. The molecule has 134 valence electrons. The van der Waals surface area contributed by atoms with E-state index in [4.69, 9.17) is 0 Å². The molecular weight excluding hydrogens is 302 g/mol. The molecule has 1 aliphatic rings. The number of aryl methyl sites for hydroxylation is 2. The zero-order valence-corrected chi connectivity index (χ0v) is 16.7. The highest BCUT2D eigenvalue weighted by molar-refractivity contribution is 5.62. The summed E-state index contributed by atoms with van der Waals surface area (Å²) >= 11 is 0. The van der Waals surface area contributed by atoms with Crippen molar-refractivity contribution in [2.24, 2.45) is 13.0 Å². The van der Waals surface area contributed by atoms with Crippen LogP contribution < -0.4 is 4.57 Å². The quantitative estimate of drug-likeness (QED) is 0.611. The molecule has 3 rings (SSSR count). The first-order chi connectivity index (χ1) is 11.9. The molecule has 1 fully saturated rings. The lowest BCUT2D eigenvalue weighted by Gasteiger charge is -2.34. The van der Waals surface area contributed by atoms with Crippen LogP contribution in [0.5, 0.6) is 0 Å². The molecular formula is C24H34N+. The van der Waals surface area contributed by atoms with Crippen molar-refractivity contribution in [2.75, 3.05) is 0 Å². The average molecular weight is 337 g/mol. The number of nitrogens with zero attached hydrogens (tertiary/aromatic N) is 1. The third-order valence-electron chi connectivity index (χ3n) is 6.00. The molecule has 0 saturated heterocycles. The van der Waals surface area contributed by atoms with E-state index in [-0.39, 0.29) is 0 Å². The van der Waals surface area contributed by atoms with Gasteiger partial charge in [-0.2, -0.15) is 0 Å². The van der Waals surface area contributed by atoms with Crippen LogP contribution in [-0.2, 0) is 18.9 Å². The van der Waals surface area contributed by atoms with Crippen LogP contribution >= 0.6 is 0 Å². The molecule has 0 radical (unpaired) electrons. The SMILES string of the molecule is Cc1cc(C2(C)CCCCC2)ccc1-c1ccc(CC(C)C)c[n+]1C. The Balaban J connectivity index is 1.91. The summed E-state index contributed by atoms with van der Waals surface area (Å²) in [5.41, 5.74) is 7.41. The summed E-state index contributed by atoms with van der Waals surface area (Å²) in [6.45, 7) is 9.29. The molecule has 0 aliphatic heterocycles. The van der Waals surface area contributed by atoms with Crippen molar-refractivity contribution >= 4 is 0 Å². The van der Waals surface area contributed by atoms with E-state index in [1.54, 1.807) is 0 Å². The highest BCUT2D eigenvalue weighted by Crippen LogP contribution is 2.40. The van der Waals surface area contributed by atoms with Crippen LogP contribution in [0.1, 0.15) is 69.6 Å². The maximum absolute atomic E-state index is 2.46. The second-order valence-electron chi connectivity index (χ2n) is 8.78. The monoisotopic (exact) mass is 336 g/mol. The van der Waals surface area contributed by atoms with Gasteiger partial charge in [-0.1, -0.05) is 52.2 Å². The molecule has 0 atom stereocenters. The summed E-state index contributed by atoms with van der Waals surface area (Å²) in [5.74, 6) is 0.697. The fraction of sp³-hybridized carbons (Fsp3) is 0.542. The molecule has 1 aromatic carbocycles. The standard InChI is InChI=1S/C24H34N/c1-18(2)15-20-9-12-23(25(5)17-20)22-11-10-21(16-19(22)3)24(4)13-7-6-8-14-24/h9-12,16-18H,6-8,13-15H2,1-5H3/q+1. The summed E-state index contributed by atoms with van der Waals surface area (Å²) in [6, 6.07) is 11.8. The number of aromatic nitrogens is 1. The van der Waals surface area contributed by atoms with Gasteiger partial charge in [-0.3, -0.25) is 0 Å². The lowest BCUT2D eigenvalue weighted by molar-refractivity contribution is -0.660. The van der Waals surface area contributed by atoms with E-state index in [1.165, 1.54) is 60.1 Å². The molecule has 1 aromatic heterocycles. The van der Waals surface area contributed by atoms with E-state index in [1.807, 2.05) is 0 Å². The number of benzene rings is 1. The van der Waals surface area contributed by atoms with Crippen molar-refractivity contribution < 1.29 is 4.57 Å². The predicted octanol–water partition coefficient (Wildman–Crippen LogP) is 5.91. The highest BCUT2D eigenvalue weighted by atomic mass is 14.9. The first-order valence-corrected chi connectivity index (χ1v) is 9.99. The van der Waals surface area contributed by atoms with Crippen molar-refractivity contribution in [2.45, 2.75) is 71.6 Å². The Morgan fingerprint density at radius 3 is 2.36 bits per heavy atom. The summed E-state index contributed by atoms with van der Waals surface area (Å²) in [5, 5.41) is 0. The average Bonchev–Trinajstić information content (AvgIpc) is 2.56. The lowest BCUT2D eigenvalue weighted by atomic mass is 9.70. The fourth-order valence-corrected chi connectivity index (χ4v) is 4.48. The van der Waals surface area contributed by atoms with Gasteiger partial charge in [0.2, 0.25) is 5.69 Å². The predicted molar refractivity (Wildman–Crippen MR) is 107 cm³/mol. The van der Waals surface area contributed by atoms with Crippen molar-refractivity contribution in [3.63, 3.8) is 0 Å². The van der Waals surface area contributed by atoms with Gasteiger partial charge in [0.15, 0.2) is 6.20 Å². The molecule has 1 nitrogen and oxygen atoms in total. The third-order valence-corrected chi connectivity index (χ3v) is 6.00. The van der Waals surface area contributed by atoms with E-state index < -0.39 is 0 Å². The maximum Gasteiger partial charge on any atom is 0.212 e. The molecule has 1 heterocycles. The van der Waals surface area contributed by atoms with Gasteiger partial charge in [0.1, 0.15) is 7.05 Å². The van der Waals surface area contributed by atoms with Crippen molar-refractivity contribution in [1.29, 1.82) is 0 Å². The van der Waals surface area contributed by atoms with Gasteiger partial charge >= 0.3 is 0 Å². The second kappa shape index (κ2) is 7.32. The molecule has 0 spiro atoms. The summed E-state index contributed by atoms with van der Waals surface area (Å²) < 4.78 is 2.29. The first kappa shape index (κ1) is 18.2. The van der Waals surface area contributed by atoms with Crippen LogP contribution in [0.3, 0.4) is 0 Å². The van der Waals surface area contributed by atoms with E-state index in [9.17, 15) is 0 Å². The van der Waals surface area contributed by atoms with Gasteiger partial charge in [0.05, 0.1) is 0 Å². The molecule has 0 N–H and O–H groups in total. The van der Waals surface area contributed by atoms with Crippen molar-refractivity contribution in [3.8, 4) is 11.3 Å². The van der Waals surface area contributed by atoms with Crippen LogP contribution in [0.4, 0.5) is 0 Å². The molecule has 25 heavy (non-hydrogen) atoms. The number of hydrogen-bond donors (Lipinski definition) is 0. The van der Waals surface area contributed by atoms with Gasteiger partial charge in [-0.05, 0) is 60.8 Å². The van der Waals surface area contributed by atoms with Crippen LogP contribution in [-0.4, -0.2) is 0 Å². The summed E-state index contributed by atoms with van der Waals surface area (Å²) in [4.78, 5) is 0. The van der Waals surface area contributed by atoms with E-state index in [2.05, 4.69) is 75.8 Å². The maximum atomic E-state index is 2.46. The van der Waals surface area contributed by atoms with Gasteiger partial charge < -0.3 is 0 Å². The van der Waals surface area contributed by atoms with Gasteiger partial charge in [0.25, 0.3) is 0 Å². The van der Waals surface area contributed by atoms with Crippen molar-refractivity contribution in [1.82, 2.24) is 0 Å². The Hall–Kier alpha value is -1.63. The normalized spacial score (nSPS) is 17.0. The molecule has 0 bridgehead atoms. The zero-order chi connectivity index (χ0) is 18.0. The van der Waals surface area contributed by atoms with Crippen LogP contribution in [0.15, 0.2) is 36.5 Å². The number of rotatable bonds is 4. The summed E-state index contributed by atoms with van der Waals surface area (Å²) in [6.07, 6.45) is 10.3. The van der Waals surface area contributed by atoms with E-state index in [0.717, 1.165) is 6.42 Å². The Bertz CT molecular complexity index is 736. The molecule has 2 aromatic rings. The first-order valence-electron chi connectivity index (χ1n) is 9.99. The van der Waals surface area contributed by atoms with Crippen LogP contribution in [0, 0.1) is 12.8 Å². The minimum atomic E-state index is 0.380. The zero-order valence-electron chi connectivity index (χ0n) is 16.7. The molecule has 0 amide bonds. The minimum absolute atomic E-state index is 0.380. The Labute approximate surface area is 154 Å². The van der Waals surface area contributed by atoms with Crippen LogP contribution in [0.25, 0.3) is 11.3 Å². The topological polar surface area (TPSA) is 3.88 Å². The van der Waals surface area contributed by atoms with Gasteiger partial charge in [-0.15, -0.1) is 0 Å². The lowest BCUT2D eigenvalue weighted by Crippen LogP contribution is -2.31. The Kier molecular flexibility index (Phi) is 5.32. The van der Waals surface area contributed by atoms with Gasteiger partial charge in [-0.25, -0.2) is 4.57 Å². The second-order valence-corrected chi connectivity index (χ2v) is 8.78. The smallest absolute Gasteiger partial charge is 0.201 e. The third kappa shape index (κ3) is 3.97. The van der Waals surface area contributed by atoms with E-state index >= 15 is 0 Å².